The van der Waals surface area contributed by atoms with Crippen molar-refractivity contribution in [1.29, 1.82) is 0 Å². The normalized spacial score (nSPS) is 11.2. The zero-order chi connectivity index (χ0) is 14.6. The Morgan fingerprint density at radius 1 is 1.47 bits per heavy atom. The Bertz CT molecular complexity index is 475. The molecule has 0 saturated heterocycles. The van der Waals surface area contributed by atoms with Crippen LogP contribution in [-0.4, -0.2) is 29.5 Å². The molecular weight excluding hydrogens is 274 g/mol. The van der Waals surface area contributed by atoms with Gasteiger partial charge in [0, 0.05) is 17.3 Å². The van der Waals surface area contributed by atoms with Crippen LogP contribution in [0.15, 0.2) is 6.20 Å². The summed E-state index contributed by atoms with van der Waals surface area (Å²) in [4.78, 5) is 14.2. The highest BCUT2D eigenvalue weighted by Gasteiger charge is 2.34. The fraction of sp³-hybridized carbons (Fsp3) is 0.400. The number of pyridine rings is 1. The Morgan fingerprint density at radius 3 is 2.58 bits per heavy atom. The molecule has 19 heavy (non-hydrogen) atoms. The summed E-state index contributed by atoms with van der Waals surface area (Å²) in [5.41, 5.74) is -0.582. The SMILES string of the molecule is COC(=O)Cc1c(CF)cnc(OC(F)(F)F)c1O. The van der Waals surface area contributed by atoms with Crippen molar-refractivity contribution in [3.05, 3.63) is 17.3 Å². The van der Waals surface area contributed by atoms with Gasteiger partial charge in [0.2, 0.25) is 0 Å². The molecule has 0 radical (unpaired) electrons. The van der Waals surface area contributed by atoms with Crippen LogP contribution in [0.5, 0.6) is 11.6 Å². The van der Waals surface area contributed by atoms with Crippen LogP contribution in [-0.2, 0) is 22.6 Å². The number of esters is 1. The summed E-state index contributed by atoms with van der Waals surface area (Å²) in [5, 5.41) is 9.55. The van der Waals surface area contributed by atoms with Crippen molar-refractivity contribution < 1.29 is 36.9 Å². The van der Waals surface area contributed by atoms with E-state index in [1.807, 2.05) is 0 Å². The molecule has 0 aliphatic heterocycles. The molecule has 0 atom stereocenters. The minimum Gasteiger partial charge on any atom is -0.503 e. The number of halogens is 4. The Kier molecular flexibility index (Phi) is 4.52. The number of alkyl halides is 4. The minimum absolute atomic E-state index is 0.225. The number of aromatic nitrogens is 1. The molecule has 106 valence electrons. The van der Waals surface area contributed by atoms with E-state index < -0.39 is 37.1 Å². The number of hydrogen-bond acceptors (Lipinski definition) is 5. The van der Waals surface area contributed by atoms with Gasteiger partial charge in [-0.2, -0.15) is 0 Å². The lowest BCUT2D eigenvalue weighted by Crippen LogP contribution is -2.19. The van der Waals surface area contributed by atoms with Gasteiger partial charge in [0.05, 0.1) is 13.5 Å². The summed E-state index contributed by atoms with van der Waals surface area (Å²) in [5.74, 6) is -3.05. The van der Waals surface area contributed by atoms with E-state index in [1.54, 1.807) is 0 Å². The minimum atomic E-state index is -5.07. The van der Waals surface area contributed by atoms with Crippen LogP contribution in [0.25, 0.3) is 0 Å². The standard InChI is InChI=1S/C10H9F4NO4/c1-18-7(16)2-6-5(3-11)4-15-9(8(6)17)19-10(12,13)14/h4,17H,2-3H2,1H3. The maximum absolute atomic E-state index is 12.6. The smallest absolute Gasteiger partial charge is 0.503 e. The van der Waals surface area contributed by atoms with E-state index >= 15 is 0 Å². The highest BCUT2D eigenvalue weighted by molar-refractivity contribution is 5.74. The Hall–Kier alpha value is -2.06. The first-order valence-corrected chi connectivity index (χ1v) is 4.86. The average molecular weight is 283 g/mol. The third kappa shape index (κ3) is 3.97. The van der Waals surface area contributed by atoms with Crippen LogP contribution < -0.4 is 4.74 Å². The lowest BCUT2D eigenvalue weighted by molar-refractivity contribution is -0.276. The van der Waals surface area contributed by atoms with Gasteiger partial charge in [-0.15, -0.1) is 13.2 Å². The number of carbonyl (C=O) groups is 1. The first-order chi connectivity index (χ1) is 8.78. The van der Waals surface area contributed by atoms with Gasteiger partial charge >= 0.3 is 12.3 Å². The molecule has 1 heterocycles. The summed E-state index contributed by atoms with van der Waals surface area (Å²) in [6.45, 7) is -1.11. The van der Waals surface area contributed by atoms with Crippen LogP contribution in [0.1, 0.15) is 11.1 Å². The molecule has 0 bridgehead atoms. The van der Waals surface area contributed by atoms with Crippen molar-refractivity contribution in [2.24, 2.45) is 0 Å². The van der Waals surface area contributed by atoms with E-state index in [0.717, 1.165) is 13.3 Å². The number of ether oxygens (including phenoxy) is 2. The fourth-order valence-electron chi connectivity index (χ4n) is 1.27. The largest absolute Gasteiger partial charge is 0.574 e. The van der Waals surface area contributed by atoms with Crippen molar-refractivity contribution in [2.45, 2.75) is 19.5 Å². The topological polar surface area (TPSA) is 68.7 Å². The molecule has 0 aliphatic rings. The van der Waals surface area contributed by atoms with Crippen LogP contribution >= 0.6 is 0 Å². The van der Waals surface area contributed by atoms with Gasteiger partial charge in [-0.1, -0.05) is 0 Å². The number of hydrogen-bond donors (Lipinski definition) is 1. The predicted octanol–water partition coefficient (Wildman–Crippen LogP) is 1.87. The molecule has 0 fully saturated rings. The molecule has 5 nitrogen and oxygen atoms in total. The average Bonchev–Trinajstić information content (AvgIpc) is 2.32. The third-order valence-corrected chi connectivity index (χ3v) is 2.12. The van der Waals surface area contributed by atoms with Gasteiger partial charge in [-0.3, -0.25) is 4.79 Å². The molecular formula is C10H9F4NO4. The lowest BCUT2D eigenvalue weighted by Gasteiger charge is -2.13. The van der Waals surface area contributed by atoms with Gasteiger partial charge in [0.25, 0.3) is 5.88 Å². The Labute approximate surface area is 104 Å². The Balaban J connectivity index is 3.18. The summed E-state index contributed by atoms with van der Waals surface area (Å²) in [6.07, 6.45) is -4.92. The molecule has 9 heteroatoms. The molecule has 1 N–H and O–H groups in total. The number of methoxy groups -OCH3 is 1. The van der Waals surface area contributed by atoms with E-state index in [-0.39, 0.29) is 11.1 Å². The Morgan fingerprint density at radius 2 is 2.11 bits per heavy atom. The third-order valence-electron chi connectivity index (χ3n) is 2.12. The molecule has 0 amide bonds. The van der Waals surface area contributed by atoms with Crippen molar-refractivity contribution in [2.75, 3.05) is 7.11 Å². The van der Waals surface area contributed by atoms with Gasteiger partial charge in [-0.05, 0) is 0 Å². The van der Waals surface area contributed by atoms with E-state index in [0.29, 0.717) is 0 Å². The van der Waals surface area contributed by atoms with E-state index in [2.05, 4.69) is 14.5 Å². The summed E-state index contributed by atoms with van der Waals surface area (Å²) in [7, 11) is 1.04. The van der Waals surface area contributed by atoms with Crippen LogP contribution in [0, 0.1) is 0 Å². The molecule has 1 rings (SSSR count). The maximum atomic E-state index is 12.6. The van der Waals surface area contributed by atoms with Crippen molar-refractivity contribution in [3.63, 3.8) is 0 Å². The number of nitrogens with zero attached hydrogens (tertiary/aromatic N) is 1. The van der Waals surface area contributed by atoms with E-state index in [4.69, 9.17) is 0 Å². The number of rotatable bonds is 4. The molecule has 1 aromatic heterocycles. The van der Waals surface area contributed by atoms with Gasteiger partial charge in [-0.25, -0.2) is 9.37 Å². The van der Waals surface area contributed by atoms with E-state index in [1.165, 1.54) is 0 Å². The van der Waals surface area contributed by atoms with Gasteiger partial charge in [0.15, 0.2) is 5.75 Å². The van der Waals surface area contributed by atoms with E-state index in [9.17, 15) is 27.5 Å². The second-order valence-corrected chi connectivity index (χ2v) is 3.35. The molecule has 0 spiro atoms. The maximum Gasteiger partial charge on any atom is 0.574 e. The quantitative estimate of drug-likeness (QED) is 0.675. The monoisotopic (exact) mass is 283 g/mol. The van der Waals surface area contributed by atoms with Gasteiger partial charge < -0.3 is 14.6 Å². The second kappa shape index (κ2) is 5.72. The summed E-state index contributed by atoms with van der Waals surface area (Å²) < 4.78 is 56.4. The zero-order valence-corrected chi connectivity index (χ0v) is 9.62. The first-order valence-electron chi connectivity index (χ1n) is 4.86. The molecule has 0 unspecified atom stereocenters. The van der Waals surface area contributed by atoms with Crippen molar-refractivity contribution in [3.8, 4) is 11.6 Å². The number of aromatic hydroxyl groups is 1. The van der Waals surface area contributed by atoms with Crippen molar-refractivity contribution in [1.82, 2.24) is 4.98 Å². The van der Waals surface area contributed by atoms with Crippen molar-refractivity contribution >= 4 is 5.97 Å². The molecule has 0 saturated carbocycles. The van der Waals surface area contributed by atoms with Crippen LogP contribution in [0.4, 0.5) is 17.6 Å². The predicted molar refractivity (Wildman–Crippen MR) is 53.1 cm³/mol. The van der Waals surface area contributed by atoms with Gasteiger partial charge in [0.1, 0.15) is 6.67 Å². The first kappa shape index (κ1) is 15.0. The highest BCUT2D eigenvalue weighted by Crippen LogP contribution is 2.34. The summed E-state index contributed by atoms with van der Waals surface area (Å²) in [6, 6.07) is 0. The van der Waals surface area contributed by atoms with Crippen LogP contribution in [0.2, 0.25) is 0 Å². The second-order valence-electron chi connectivity index (χ2n) is 3.35. The zero-order valence-electron chi connectivity index (χ0n) is 9.62. The summed E-state index contributed by atoms with van der Waals surface area (Å²) >= 11 is 0. The molecule has 1 aromatic rings. The lowest BCUT2D eigenvalue weighted by atomic mass is 10.1. The molecule has 0 aliphatic carbocycles. The fourth-order valence-corrected chi connectivity index (χ4v) is 1.27. The highest BCUT2D eigenvalue weighted by atomic mass is 19.4. The molecule has 0 aromatic carbocycles. The van der Waals surface area contributed by atoms with Crippen LogP contribution in [0.3, 0.4) is 0 Å². The number of carbonyl (C=O) groups excluding carboxylic acids is 1.